The third-order valence-corrected chi connectivity index (χ3v) is 2.63. The van der Waals surface area contributed by atoms with Gasteiger partial charge in [0.1, 0.15) is 5.75 Å². The Bertz CT molecular complexity index is 521. The lowest BCUT2D eigenvalue weighted by Crippen LogP contribution is -1.80. The number of methoxy groups -OCH3 is 1. The van der Waals surface area contributed by atoms with Crippen LogP contribution in [-0.2, 0) is 0 Å². The summed E-state index contributed by atoms with van der Waals surface area (Å²) in [5.41, 5.74) is 2.47. The minimum Gasteiger partial charge on any atom is -0.497 e. The van der Waals surface area contributed by atoms with Crippen molar-refractivity contribution >= 4 is 12.2 Å². The maximum Gasteiger partial charge on any atom is 0.118 e. The molecular formula is C19H22O. The Balaban J connectivity index is 0.000000204. The summed E-state index contributed by atoms with van der Waals surface area (Å²) in [7, 11) is 1.67. The molecule has 0 saturated carbocycles. The average molecular weight is 266 g/mol. The first kappa shape index (κ1) is 15.8. The van der Waals surface area contributed by atoms with Crippen molar-refractivity contribution in [3.63, 3.8) is 0 Å². The molecule has 104 valence electrons. The summed E-state index contributed by atoms with van der Waals surface area (Å²) in [4.78, 5) is 0. The maximum absolute atomic E-state index is 5.02. The van der Waals surface area contributed by atoms with E-state index in [9.17, 15) is 0 Å². The number of hydrogen-bond acceptors (Lipinski definition) is 1. The molecule has 0 aliphatic rings. The Labute approximate surface area is 122 Å². The van der Waals surface area contributed by atoms with Gasteiger partial charge in [0.15, 0.2) is 0 Å². The second kappa shape index (κ2) is 9.62. The van der Waals surface area contributed by atoms with Crippen molar-refractivity contribution in [1.29, 1.82) is 0 Å². The first-order valence-corrected chi connectivity index (χ1v) is 6.74. The highest BCUT2D eigenvalue weighted by Crippen LogP contribution is 2.11. The second-order valence-corrected chi connectivity index (χ2v) is 4.18. The Kier molecular flexibility index (Phi) is 7.59. The molecule has 1 nitrogen and oxygen atoms in total. The molecule has 0 N–H and O–H groups in total. The summed E-state index contributed by atoms with van der Waals surface area (Å²) in [5, 5.41) is 0. The third-order valence-electron chi connectivity index (χ3n) is 2.63. The smallest absolute Gasteiger partial charge is 0.118 e. The average Bonchev–Trinajstić information content (AvgIpc) is 2.50. The predicted octanol–water partition coefficient (Wildman–Crippen LogP) is 5.45. The lowest BCUT2D eigenvalue weighted by molar-refractivity contribution is 0.415. The van der Waals surface area contributed by atoms with Gasteiger partial charge in [0.25, 0.3) is 0 Å². The first-order chi connectivity index (χ1) is 9.80. The van der Waals surface area contributed by atoms with Crippen molar-refractivity contribution in [3.05, 3.63) is 77.9 Å². The van der Waals surface area contributed by atoms with Gasteiger partial charge in [-0.2, -0.15) is 0 Å². The Morgan fingerprint density at radius 2 is 1.20 bits per heavy atom. The Morgan fingerprint density at radius 1 is 0.700 bits per heavy atom. The topological polar surface area (TPSA) is 9.23 Å². The fourth-order valence-electron chi connectivity index (χ4n) is 1.66. The molecule has 0 amide bonds. The number of hydrogen-bond donors (Lipinski definition) is 0. The number of allylic oxidation sites excluding steroid dienone is 2. The van der Waals surface area contributed by atoms with Crippen molar-refractivity contribution in [2.45, 2.75) is 13.8 Å². The van der Waals surface area contributed by atoms with Crippen LogP contribution >= 0.6 is 0 Å². The quantitative estimate of drug-likeness (QED) is 0.718. The highest BCUT2D eigenvalue weighted by Gasteiger charge is 1.88. The van der Waals surface area contributed by atoms with Gasteiger partial charge < -0.3 is 4.74 Å². The molecule has 0 aliphatic heterocycles. The standard InChI is InChI=1S/C10H12O.C9H10/c1-3-4-9-5-7-10(11-2)8-6-9;1-2-6-9-7-4-3-5-8-9/h3-8H,1-2H3;2-8H,1H3/b4-3+;. The zero-order valence-corrected chi connectivity index (χ0v) is 12.4. The fraction of sp³-hybridized carbons (Fsp3) is 0.158. The van der Waals surface area contributed by atoms with Crippen LogP contribution in [0.15, 0.2) is 66.7 Å². The molecule has 2 rings (SSSR count). The van der Waals surface area contributed by atoms with E-state index in [0.717, 1.165) is 5.75 Å². The predicted molar refractivity (Wildman–Crippen MR) is 88.9 cm³/mol. The molecule has 2 aromatic rings. The van der Waals surface area contributed by atoms with Crippen LogP contribution in [-0.4, -0.2) is 7.11 Å². The summed E-state index contributed by atoms with van der Waals surface area (Å²) in [6, 6.07) is 18.2. The van der Waals surface area contributed by atoms with Crippen molar-refractivity contribution in [2.24, 2.45) is 0 Å². The fourth-order valence-corrected chi connectivity index (χ4v) is 1.66. The molecule has 0 atom stereocenters. The van der Waals surface area contributed by atoms with Crippen LogP contribution in [0, 0.1) is 0 Å². The number of benzene rings is 2. The van der Waals surface area contributed by atoms with Gasteiger partial charge in [0.2, 0.25) is 0 Å². The molecule has 0 unspecified atom stereocenters. The van der Waals surface area contributed by atoms with Crippen molar-refractivity contribution < 1.29 is 4.74 Å². The summed E-state index contributed by atoms with van der Waals surface area (Å²) in [5.74, 6) is 0.901. The monoisotopic (exact) mass is 266 g/mol. The summed E-state index contributed by atoms with van der Waals surface area (Å²) in [6.45, 7) is 4.03. The molecule has 0 fully saturated rings. The van der Waals surface area contributed by atoms with E-state index in [0.29, 0.717) is 0 Å². The largest absolute Gasteiger partial charge is 0.497 e. The molecule has 1 heteroatoms. The van der Waals surface area contributed by atoms with Gasteiger partial charge in [-0.05, 0) is 37.1 Å². The molecule has 0 aromatic heterocycles. The van der Waals surface area contributed by atoms with E-state index in [1.165, 1.54) is 11.1 Å². The molecule has 2 aromatic carbocycles. The summed E-state index contributed by atoms with van der Waals surface area (Å²) < 4.78 is 5.02. The van der Waals surface area contributed by atoms with Gasteiger partial charge in [-0.1, -0.05) is 66.8 Å². The first-order valence-electron chi connectivity index (χ1n) is 6.74. The normalized spacial score (nSPS) is 10.3. The molecule has 20 heavy (non-hydrogen) atoms. The van der Waals surface area contributed by atoms with Crippen LogP contribution in [0.25, 0.3) is 12.2 Å². The number of ether oxygens (including phenoxy) is 1. The number of rotatable bonds is 3. The zero-order valence-electron chi connectivity index (χ0n) is 12.4. The van der Waals surface area contributed by atoms with E-state index in [1.54, 1.807) is 7.11 Å². The molecular weight excluding hydrogens is 244 g/mol. The third kappa shape index (κ3) is 6.05. The van der Waals surface area contributed by atoms with Gasteiger partial charge in [-0.3, -0.25) is 0 Å². The minimum absolute atomic E-state index is 0.901. The van der Waals surface area contributed by atoms with Gasteiger partial charge >= 0.3 is 0 Å². The van der Waals surface area contributed by atoms with Crippen LogP contribution in [0.3, 0.4) is 0 Å². The van der Waals surface area contributed by atoms with E-state index in [-0.39, 0.29) is 0 Å². The van der Waals surface area contributed by atoms with Crippen molar-refractivity contribution in [1.82, 2.24) is 0 Å². The lowest BCUT2D eigenvalue weighted by atomic mass is 10.2. The second-order valence-electron chi connectivity index (χ2n) is 4.18. The molecule has 0 saturated heterocycles. The minimum atomic E-state index is 0.901. The van der Waals surface area contributed by atoms with E-state index < -0.39 is 0 Å². The van der Waals surface area contributed by atoms with Gasteiger partial charge in [0, 0.05) is 0 Å². The molecule has 0 bridgehead atoms. The summed E-state index contributed by atoms with van der Waals surface area (Å²) >= 11 is 0. The zero-order chi connectivity index (χ0) is 14.6. The highest BCUT2D eigenvalue weighted by atomic mass is 16.5. The van der Waals surface area contributed by atoms with Crippen LogP contribution in [0.2, 0.25) is 0 Å². The van der Waals surface area contributed by atoms with Gasteiger partial charge in [-0.15, -0.1) is 0 Å². The van der Waals surface area contributed by atoms with Gasteiger partial charge in [-0.25, -0.2) is 0 Å². The van der Waals surface area contributed by atoms with Crippen LogP contribution in [0.4, 0.5) is 0 Å². The summed E-state index contributed by atoms with van der Waals surface area (Å²) in [6.07, 6.45) is 8.19. The Hall–Kier alpha value is -2.28. The van der Waals surface area contributed by atoms with E-state index in [4.69, 9.17) is 4.74 Å². The van der Waals surface area contributed by atoms with Crippen LogP contribution in [0.1, 0.15) is 25.0 Å². The Morgan fingerprint density at radius 3 is 1.65 bits per heavy atom. The molecule has 0 aliphatic carbocycles. The molecule has 0 radical (unpaired) electrons. The van der Waals surface area contributed by atoms with E-state index in [2.05, 4.69) is 24.3 Å². The molecule has 0 spiro atoms. The lowest BCUT2D eigenvalue weighted by Gasteiger charge is -1.98. The van der Waals surface area contributed by atoms with E-state index in [1.807, 2.05) is 68.5 Å². The SMILES string of the molecule is C/C=C/c1ccc(OC)cc1.CC=Cc1ccccc1. The van der Waals surface area contributed by atoms with Crippen molar-refractivity contribution in [2.75, 3.05) is 7.11 Å². The van der Waals surface area contributed by atoms with Gasteiger partial charge in [0.05, 0.1) is 7.11 Å². The molecule has 0 heterocycles. The van der Waals surface area contributed by atoms with Crippen molar-refractivity contribution in [3.8, 4) is 5.75 Å². The highest BCUT2D eigenvalue weighted by molar-refractivity contribution is 5.50. The van der Waals surface area contributed by atoms with E-state index >= 15 is 0 Å². The van der Waals surface area contributed by atoms with Crippen LogP contribution in [0.5, 0.6) is 5.75 Å². The maximum atomic E-state index is 5.02. The van der Waals surface area contributed by atoms with Crippen LogP contribution < -0.4 is 4.74 Å².